The molecule has 0 aliphatic rings. The van der Waals surface area contributed by atoms with Crippen LogP contribution >= 0.6 is 0 Å². The van der Waals surface area contributed by atoms with Crippen molar-refractivity contribution in [2.24, 2.45) is 7.05 Å². The molecule has 1 N–H and O–H groups in total. The van der Waals surface area contributed by atoms with Crippen LogP contribution in [-0.2, 0) is 7.05 Å². The van der Waals surface area contributed by atoms with Gasteiger partial charge in [0.2, 0.25) is 0 Å². The van der Waals surface area contributed by atoms with Crippen LogP contribution in [0.15, 0.2) is 55.1 Å². The van der Waals surface area contributed by atoms with Gasteiger partial charge >= 0.3 is 0 Å². The minimum absolute atomic E-state index is 0.254. The number of imidazole rings is 1. The smallest absolute Gasteiger partial charge is 0.253 e. The van der Waals surface area contributed by atoms with Gasteiger partial charge in [0, 0.05) is 37.4 Å². The highest BCUT2D eigenvalue weighted by Crippen LogP contribution is 2.36. The van der Waals surface area contributed by atoms with E-state index in [1.165, 1.54) is 6.20 Å². The molecule has 134 valence electrons. The number of amides is 1. The van der Waals surface area contributed by atoms with E-state index in [2.05, 4.69) is 15.3 Å². The lowest BCUT2D eigenvalue weighted by molar-refractivity contribution is 0.0940. The molecule has 0 aliphatic heterocycles. The second-order valence-corrected chi connectivity index (χ2v) is 5.63. The van der Waals surface area contributed by atoms with Gasteiger partial charge in [-0.15, -0.1) is 0 Å². The van der Waals surface area contributed by atoms with E-state index in [0.717, 1.165) is 5.56 Å². The largest absolute Gasteiger partial charge is 0.493 e. The number of aryl methyl sites for hydroxylation is 1. The first-order valence-electron chi connectivity index (χ1n) is 8.04. The third kappa shape index (κ3) is 3.37. The van der Waals surface area contributed by atoms with Crippen LogP contribution in [0.4, 0.5) is 0 Å². The molecule has 1 atom stereocenters. The summed E-state index contributed by atoms with van der Waals surface area (Å²) in [6.45, 7) is 0. The maximum absolute atomic E-state index is 12.7. The average Bonchev–Trinajstić information content (AvgIpc) is 3.11. The Hall–Kier alpha value is -3.35. The molecule has 0 saturated heterocycles. The van der Waals surface area contributed by atoms with Crippen LogP contribution in [0.1, 0.15) is 27.8 Å². The Kier molecular flexibility index (Phi) is 5.17. The summed E-state index contributed by atoms with van der Waals surface area (Å²) in [5, 5.41) is 3.02. The third-order valence-corrected chi connectivity index (χ3v) is 4.06. The molecular weight excluding hydrogens is 332 g/mol. The number of para-hydroxylation sites is 1. The molecule has 0 bridgehead atoms. The fourth-order valence-electron chi connectivity index (χ4n) is 2.79. The van der Waals surface area contributed by atoms with Gasteiger partial charge in [-0.1, -0.05) is 12.1 Å². The first-order chi connectivity index (χ1) is 12.7. The van der Waals surface area contributed by atoms with Gasteiger partial charge in [0.05, 0.1) is 19.8 Å². The second-order valence-electron chi connectivity index (χ2n) is 5.63. The summed E-state index contributed by atoms with van der Waals surface area (Å²) in [5.74, 6) is 1.55. The van der Waals surface area contributed by atoms with Gasteiger partial charge in [-0.3, -0.25) is 9.78 Å². The van der Waals surface area contributed by atoms with E-state index in [0.29, 0.717) is 22.9 Å². The summed E-state index contributed by atoms with van der Waals surface area (Å²) in [7, 11) is 5.02. The number of nitrogens with one attached hydrogen (secondary N) is 1. The van der Waals surface area contributed by atoms with Crippen LogP contribution in [-0.4, -0.2) is 34.7 Å². The molecule has 7 heteroatoms. The van der Waals surface area contributed by atoms with Crippen molar-refractivity contribution in [1.29, 1.82) is 0 Å². The number of carbonyl (C=O) groups excluding carboxylic acids is 1. The highest BCUT2D eigenvalue weighted by atomic mass is 16.5. The molecule has 26 heavy (non-hydrogen) atoms. The Morgan fingerprint density at radius 1 is 1.15 bits per heavy atom. The number of hydrogen-bond donors (Lipinski definition) is 1. The van der Waals surface area contributed by atoms with E-state index < -0.39 is 6.04 Å². The molecule has 0 saturated carbocycles. The van der Waals surface area contributed by atoms with Crippen molar-refractivity contribution in [1.82, 2.24) is 19.9 Å². The number of nitrogens with zero attached hydrogens (tertiary/aromatic N) is 3. The van der Waals surface area contributed by atoms with Crippen LogP contribution in [0.3, 0.4) is 0 Å². The van der Waals surface area contributed by atoms with Gasteiger partial charge in [-0.2, -0.15) is 0 Å². The molecule has 0 spiro atoms. The van der Waals surface area contributed by atoms with Crippen LogP contribution in [0.2, 0.25) is 0 Å². The zero-order valence-electron chi connectivity index (χ0n) is 14.8. The first-order valence-corrected chi connectivity index (χ1v) is 8.04. The lowest BCUT2D eigenvalue weighted by atomic mass is 10.0. The molecule has 0 aliphatic carbocycles. The van der Waals surface area contributed by atoms with Gasteiger partial charge in [0.1, 0.15) is 11.9 Å². The molecule has 3 aromatic rings. The minimum Gasteiger partial charge on any atom is -0.493 e. The molecule has 0 radical (unpaired) electrons. The molecule has 2 aromatic heterocycles. The van der Waals surface area contributed by atoms with E-state index in [1.54, 1.807) is 44.8 Å². The van der Waals surface area contributed by atoms with E-state index in [9.17, 15) is 4.79 Å². The Morgan fingerprint density at radius 3 is 2.62 bits per heavy atom. The highest BCUT2D eigenvalue weighted by Gasteiger charge is 2.26. The van der Waals surface area contributed by atoms with Crippen molar-refractivity contribution in [3.63, 3.8) is 0 Å². The summed E-state index contributed by atoms with van der Waals surface area (Å²) in [5.41, 5.74) is 1.21. The number of hydrogen-bond acceptors (Lipinski definition) is 5. The van der Waals surface area contributed by atoms with E-state index in [4.69, 9.17) is 9.47 Å². The fourth-order valence-corrected chi connectivity index (χ4v) is 2.79. The van der Waals surface area contributed by atoms with Crippen molar-refractivity contribution in [2.45, 2.75) is 6.04 Å². The van der Waals surface area contributed by atoms with Gasteiger partial charge < -0.3 is 19.4 Å². The molecule has 1 amide bonds. The normalized spacial score (nSPS) is 11.7. The van der Waals surface area contributed by atoms with Crippen LogP contribution in [0.25, 0.3) is 0 Å². The SMILES string of the molecule is COc1cccc([C@@H](NC(=O)c2cccnc2)c2nccn2C)c1OC. The van der Waals surface area contributed by atoms with Crippen molar-refractivity contribution in [2.75, 3.05) is 14.2 Å². The number of benzene rings is 1. The topological polar surface area (TPSA) is 78.3 Å². The predicted octanol–water partition coefficient (Wildman–Crippen LogP) is 2.35. The summed E-state index contributed by atoms with van der Waals surface area (Å²) < 4.78 is 12.8. The molecule has 1 aromatic carbocycles. The van der Waals surface area contributed by atoms with Crippen molar-refractivity contribution in [3.8, 4) is 11.5 Å². The van der Waals surface area contributed by atoms with E-state index in [1.807, 2.05) is 29.9 Å². The quantitative estimate of drug-likeness (QED) is 0.737. The Morgan fingerprint density at radius 2 is 2.00 bits per heavy atom. The maximum atomic E-state index is 12.7. The van der Waals surface area contributed by atoms with E-state index >= 15 is 0 Å². The number of carbonyl (C=O) groups is 1. The third-order valence-electron chi connectivity index (χ3n) is 4.06. The molecular formula is C19H20N4O3. The molecule has 0 fully saturated rings. The Labute approximate surface area is 151 Å². The number of pyridine rings is 1. The van der Waals surface area contributed by atoms with Crippen molar-refractivity contribution >= 4 is 5.91 Å². The van der Waals surface area contributed by atoms with Gasteiger partial charge in [0.15, 0.2) is 11.5 Å². The highest BCUT2D eigenvalue weighted by molar-refractivity contribution is 5.94. The summed E-state index contributed by atoms with van der Waals surface area (Å²) in [4.78, 5) is 21.1. The zero-order chi connectivity index (χ0) is 18.5. The Bertz CT molecular complexity index is 893. The molecule has 7 nitrogen and oxygen atoms in total. The molecule has 2 heterocycles. The standard InChI is InChI=1S/C19H20N4O3/c1-23-11-10-21-18(23)16(22-19(24)13-6-5-9-20-12-13)14-7-4-8-15(25-2)17(14)26-3/h4-12,16H,1-3H3,(H,22,24)/t16-/m1/s1. The minimum atomic E-state index is -0.521. The number of aromatic nitrogens is 3. The van der Waals surface area contributed by atoms with Crippen molar-refractivity contribution in [3.05, 3.63) is 72.1 Å². The lowest BCUT2D eigenvalue weighted by Gasteiger charge is -2.22. The van der Waals surface area contributed by atoms with Gasteiger partial charge in [-0.05, 0) is 18.2 Å². The fraction of sp³-hybridized carbons (Fsp3) is 0.211. The number of methoxy groups -OCH3 is 2. The zero-order valence-corrected chi connectivity index (χ0v) is 14.8. The first kappa shape index (κ1) is 17.5. The lowest BCUT2D eigenvalue weighted by Crippen LogP contribution is -2.31. The summed E-state index contributed by atoms with van der Waals surface area (Å²) in [6.07, 6.45) is 6.65. The number of ether oxygens (including phenoxy) is 2. The van der Waals surface area contributed by atoms with Gasteiger partial charge in [-0.25, -0.2) is 4.98 Å². The monoisotopic (exact) mass is 352 g/mol. The Balaban J connectivity index is 2.06. The van der Waals surface area contributed by atoms with Crippen LogP contribution in [0, 0.1) is 0 Å². The number of rotatable bonds is 6. The maximum Gasteiger partial charge on any atom is 0.253 e. The summed E-state index contributed by atoms with van der Waals surface area (Å²) in [6, 6.07) is 8.44. The van der Waals surface area contributed by atoms with Crippen LogP contribution in [0.5, 0.6) is 11.5 Å². The van der Waals surface area contributed by atoms with Gasteiger partial charge in [0.25, 0.3) is 5.91 Å². The van der Waals surface area contributed by atoms with Crippen LogP contribution < -0.4 is 14.8 Å². The van der Waals surface area contributed by atoms with E-state index in [-0.39, 0.29) is 5.91 Å². The molecule has 0 unspecified atom stereocenters. The predicted molar refractivity (Wildman–Crippen MR) is 96.3 cm³/mol. The summed E-state index contributed by atoms with van der Waals surface area (Å²) >= 11 is 0. The van der Waals surface area contributed by atoms with Crippen molar-refractivity contribution < 1.29 is 14.3 Å². The second kappa shape index (κ2) is 7.69. The average molecular weight is 352 g/mol. The molecule has 3 rings (SSSR count).